The molecule has 20 heavy (non-hydrogen) atoms. The second kappa shape index (κ2) is 5.29. The summed E-state index contributed by atoms with van der Waals surface area (Å²) in [7, 11) is 0. The van der Waals surface area contributed by atoms with E-state index in [1.807, 2.05) is 24.3 Å². The molecule has 0 amide bonds. The Hall–Kier alpha value is -1.81. The topological polar surface area (TPSA) is 12.9 Å². The molecule has 0 fully saturated rings. The zero-order chi connectivity index (χ0) is 14.1. The van der Waals surface area contributed by atoms with Crippen molar-refractivity contribution in [3.63, 3.8) is 0 Å². The minimum absolute atomic E-state index is 0.501. The SMILES string of the molecule is Fc1cc(F)cc(-c2c(CBr)ncc3ccccc23)c1. The van der Waals surface area contributed by atoms with Gasteiger partial charge in [0.2, 0.25) is 0 Å². The Kier molecular flexibility index (Phi) is 3.49. The average Bonchev–Trinajstić information content (AvgIpc) is 2.45. The van der Waals surface area contributed by atoms with Gasteiger partial charge in [0.15, 0.2) is 0 Å². The zero-order valence-electron chi connectivity index (χ0n) is 10.4. The van der Waals surface area contributed by atoms with Crippen molar-refractivity contribution in [1.29, 1.82) is 0 Å². The molecule has 0 saturated heterocycles. The molecule has 0 aliphatic rings. The fraction of sp³-hybridized carbons (Fsp3) is 0.0625. The summed E-state index contributed by atoms with van der Waals surface area (Å²) in [6, 6.07) is 11.2. The van der Waals surface area contributed by atoms with Crippen molar-refractivity contribution < 1.29 is 8.78 Å². The summed E-state index contributed by atoms with van der Waals surface area (Å²) >= 11 is 3.38. The predicted octanol–water partition coefficient (Wildman–Crippen LogP) is 5.07. The van der Waals surface area contributed by atoms with Crippen LogP contribution >= 0.6 is 15.9 Å². The van der Waals surface area contributed by atoms with E-state index in [0.29, 0.717) is 10.9 Å². The largest absolute Gasteiger partial charge is 0.259 e. The van der Waals surface area contributed by atoms with Crippen molar-refractivity contribution in [3.05, 3.63) is 66.0 Å². The number of pyridine rings is 1. The van der Waals surface area contributed by atoms with E-state index in [9.17, 15) is 8.78 Å². The van der Waals surface area contributed by atoms with Crippen molar-refractivity contribution in [3.8, 4) is 11.1 Å². The smallest absolute Gasteiger partial charge is 0.126 e. The summed E-state index contributed by atoms with van der Waals surface area (Å²) in [5.41, 5.74) is 2.02. The third-order valence-corrected chi connectivity index (χ3v) is 3.69. The van der Waals surface area contributed by atoms with Crippen LogP contribution in [0, 0.1) is 11.6 Å². The van der Waals surface area contributed by atoms with E-state index in [4.69, 9.17) is 0 Å². The minimum atomic E-state index is -0.589. The van der Waals surface area contributed by atoms with Crippen molar-refractivity contribution >= 4 is 26.7 Å². The van der Waals surface area contributed by atoms with E-state index in [1.165, 1.54) is 12.1 Å². The number of benzene rings is 2. The minimum Gasteiger partial charge on any atom is -0.259 e. The second-order valence-electron chi connectivity index (χ2n) is 4.46. The fourth-order valence-corrected chi connectivity index (χ4v) is 2.75. The molecule has 0 aliphatic heterocycles. The first-order valence-electron chi connectivity index (χ1n) is 6.08. The maximum absolute atomic E-state index is 13.5. The molecule has 0 radical (unpaired) electrons. The first-order valence-corrected chi connectivity index (χ1v) is 7.20. The van der Waals surface area contributed by atoms with Crippen LogP contribution in [0.5, 0.6) is 0 Å². The van der Waals surface area contributed by atoms with Crippen molar-refractivity contribution in [2.24, 2.45) is 0 Å². The van der Waals surface area contributed by atoms with Crippen molar-refractivity contribution in [2.45, 2.75) is 5.33 Å². The van der Waals surface area contributed by atoms with Crippen molar-refractivity contribution in [2.75, 3.05) is 0 Å². The molecule has 0 saturated carbocycles. The van der Waals surface area contributed by atoms with Gasteiger partial charge in [0.05, 0.1) is 5.69 Å². The van der Waals surface area contributed by atoms with Gasteiger partial charge in [0.25, 0.3) is 0 Å². The van der Waals surface area contributed by atoms with Crippen LogP contribution in [0.3, 0.4) is 0 Å². The molecule has 0 bridgehead atoms. The van der Waals surface area contributed by atoms with E-state index in [0.717, 1.165) is 28.1 Å². The predicted molar refractivity (Wildman–Crippen MR) is 79.7 cm³/mol. The monoisotopic (exact) mass is 333 g/mol. The number of halogens is 3. The van der Waals surface area contributed by atoms with E-state index < -0.39 is 11.6 Å². The van der Waals surface area contributed by atoms with E-state index in [-0.39, 0.29) is 0 Å². The Morgan fingerprint density at radius 1 is 1.00 bits per heavy atom. The maximum atomic E-state index is 13.5. The first kappa shape index (κ1) is 13.2. The number of rotatable bonds is 2. The van der Waals surface area contributed by atoms with Crippen LogP contribution < -0.4 is 0 Å². The summed E-state index contributed by atoms with van der Waals surface area (Å²) in [5.74, 6) is -1.18. The summed E-state index contributed by atoms with van der Waals surface area (Å²) in [4.78, 5) is 4.37. The van der Waals surface area contributed by atoms with E-state index >= 15 is 0 Å². The van der Waals surface area contributed by atoms with Gasteiger partial charge in [-0.25, -0.2) is 8.78 Å². The Balaban J connectivity index is 2.38. The van der Waals surface area contributed by atoms with Crippen LogP contribution in [0.15, 0.2) is 48.7 Å². The first-order chi connectivity index (χ1) is 9.69. The molecule has 1 aromatic heterocycles. The number of hydrogen-bond acceptors (Lipinski definition) is 1. The molecule has 100 valence electrons. The van der Waals surface area contributed by atoms with Crippen LogP contribution in [0.4, 0.5) is 8.78 Å². The molecule has 0 unspecified atom stereocenters. The molecular weight excluding hydrogens is 324 g/mol. The normalized spacial score (nSPS) is 10.9. The highest BCUT2D eigenvalue weighted by Crippen LogP contribution is 2.32. The Morgan fingerprint density at radius 2 is 1.70 bits per heavy atom. The van der Waals surface area contributed by atoms with Gasteiger partial charge in [-0.1, -0.05) is 40.2 Å². The standard InChI is InChI=1S/C16H10BrF2N/c17-8-15-16(11-5-12(18)7-13(19)6-11)14-4-2-1-3-10(14)9-20-15/h1-7,9H,8H2. The van der Waals surface area contributed by atoms with Crippen LogP contribution in [0.1, 0.15) is 5.69 Å². The fourth-order valence-electron chi connectivity index (χ4n) is 2.33. The Bertz CT molecular complexity index is 766. The van der Waals surface area contributed by atoms with Gasteiger partial charge < -0.3 is 0 Å². The highest BCUT2D eigenvalue weighted by molar-refractivity contribution is 9.08. The highest BCUT2D eigenvalue weighted by atomic mass is 79.9. The quantitative estimate of drug-likeness (QED) is 0.596. The highest BCUT2D eigenvalue weighted by Gasteiger charge is 2.12. The number of alkyl halides is 1. The lowest BCUT2D eigenvalue weighted by Gasteiger charge is -2.11. The molecule has 3 rings (SSSR count). The van der Waals surface area contributed by atoms with Gasteiger partial charge in [0, 0.05) is 28.5 Å². The lowest BCUT2D eigenvalue weighted by molar-refractivity contribution is 0.584. The third kappa shape index (κ3) is 2.31. The zero-order valence-corrected chi connectivity index (χ0v) is 12.0. The van der Waals surface area contributed by atoms with Gasteiger partial charge in [-0.15, -0.1) is 0 Å². The van der Waals surface area contributed by atoms with Crippen LogP contribution in [-0.2, 0) is 5.33 Å². The van der Waals surface area contributed by atoms with Gasteiger partial charge in [-0.3, -0.25) is 4.98 Å². The summed E-state index contributed by atoms with van der Waals surface area (Å²) in [6.07, 6.45) is 1.77. The van der Waals surface area contributed by atoms with Gasteiger partial charge >= 0.3 is 0 Å². The van der Waals surface area contributed by atoms with Gasteiger partial charge in [-0.05, 0) is 23.1 Å². The van der Waals surface area contributed by atoms with Gasteiger partial charge in [-0.2, -0.15) is 0 Å². The third-order valence-electron chi connectivity index (χ3n) is 3.16. The van der Waals surface area contributed by atoms with Crippen LogP contribution in [-0.4, -0.2) is 4.98 Å². The number of fused-ring (bicyclic) bond motifs is 1. The molecular formula is C16H10BrF2N. The van der Waals surface area contributed by atoms with E-state index in [1.54, 1.807) is 6.20 Å². The lowest BCUT2D eigenvalue weighted by Crippen LogP contribution is -1.94. The number of nitrogens with zero attached hydrogens (tertiary/aromatic N) is 1. The summed E-state index contributed by atoms with van der Waals surface area (Å²) < 4.78 is 27.0. The number of aromatic nitrogens is 1. The molecule has 0 atom stereocenters. The number of hydrogen-bond donors (Lipinski definition) is 0. The Labute approximate surface area is 123 Å². The maximum Gasteiger partial charge on any atom is 0.126 e. The molecule has 4 heteroatoms. The van der Waals surface area contributed by atoms with Crippen molar-refractivity contribution in [1.82, 2.24) is 4.98 Å². The van der Waals surface area contributed by atoms with Crippen LogP contribution in [0.25, 0.3) is 21.9 Å². The average molecular weight is 334 g/mol. The second-order valence-corrected chi connectivity index (χ2v) is 5.02. The molecule has 2 aromatic carbocycles. The summed E-state index contributed by atoms with van der Waals surface area (Å²) in [5, 5.41) is 2.39. The molecule has 1 nitrogen and oxygen atoms in total. The summed E-state index contributed by atoms with van der Waals surface area (Å²) in [6.45, 7) is 0. The lowest BCUT2D eigenvalue weighted by atomic mass is 9.98. The van der Waals surface area contributed by atoms with E-state index in [2.05, 4.69) is 20.9 Å². The van der Waals surface area contributed by atoms with Gasteiger partial charge in [0.1, 0.15) is 11.6 Å². The molecule has 0 spiro atoms. The molecule has 0 aliphatic carbocycles. The molecule has 3 aromatic rings. The Morgan fingerprint density at radius 3 is 2.40 bits per heavy atom. The molecule has 0 N–H and O–H groups in total. The van der Waals surface area contributed by atoms with Crippen LogP contribution in [0.2, 0.25) is 0 Å². The molecule has 1 heterocycles.